The summed E-state index contributed by atoms with van der Waals surface area (Å²) in [5, 5.41) is 11.0. The van der Waals surface area contributed by atoms with Crippen LogP contribution in [0.1, 0.15) is 87.0 Å². The summed E-state index contributed by atoms with van der Waals surface area (Å²) in [6.45, 7) is 16.0. The largest absolute Gasteiger partial charge is 0.465 e. The van der Waals surface area contributed by atoms with Gasteiger partial charge in [0.2, 0.25) is 0 Å². The predicted molar refractivity (Wildman–Crippen MR) is 124 cm³/mol. The van der Waals surface area contributed by atoms with E-state index in [1.165, 1.54) is 26.8 Å². The molecule has 1 unspecified atom stereocenters. The molecule has 0 aromatic heterocycles. The van der Waals surface area contributed by atoms with Crippen molar-refractivity contribution in [2.24, 2.45) is 22.7 Å². The molecule has 0 spiro atoms. The van der Waals surface area contributed by atoms with E-state index in [1.807, 2.05) is 6.92 Å². The van der Waals surface area contributed by atoms with Crippen molar-refractivity contribution in [3.63, 3.8) is 0 Å². The fourth-order valence-corrected chi connectivity index (χ4v) is 6.70. The lowest BCUT2D eigenvalue weighted by Crippen LogP contribution is -2.63. The molecule has 2 aliphatic carbocycles. The number of carbonyl (C=O) groups excluding carboxylic acids is 3. The zero-order valence-corrected chi connectivity index (χ0v) is 21.4. The molecule has 6 atom stereocenters. The van der Waals surface area contributed by atoms with Crippen LogP contribution in [0.15, 0.2) is 12.7 Å². The standard InChI is InChI=1S/C26H42O7/c1-9-24(7,30)22(32-18(3)28)15-21-25(8,33-19(4)29)14-11-20-23(5,6)12-10-13-26(20,21)16-31-17(2)27/h9,20-22,30H,1,10-16H2,2-8H3/t20-,21-,22+,24?,25+,26+/m0/s1. The van der Waals surface area contributed by atoms with Crippen molar-refractivity contribution in [3.05, 3.63) is 12.7 Å². The molecule has 2 aliphatic rings. The van der Waals surface area contributed by atoms with Crippen molar-refractivity contribution in [2.45, 2.75) is 104 Å². The van der Waals surface area contributed by atoms with Gasteiger partial charge in [-0.05, 0) is 57.3 Å². The van der Waals surface area contributed by atoms with Gasteiger partial charge in [0.25, 0.3) is 0 Å². The summed E-state index contributed by atoms with van der Waals surface area (Å²) in [6, 6.07) is 0. The van der Waals surface area contributed by atoms with Crippen LogP contribution in [0.5, 0.6) is 0 Å². The number of fused-ring (bicyclic) bond motifs is 1. The summed E-state index contributed by atoms with van der Waals surface area (Å²) < 4.78 is 17.2. The molecule has 0 bridgehead atoms. The molecule has 33 heavy (non-hydrogen) atoms. The molecule has 0 radical (unpaired) electrons. The average molecular weight is 467 g/mol. The molecule has 0 saturated heterocycles. The van der Waals surface area contributed by atoms with Crippen LogP contribution < -0.4 is 0 Å². The minimum absolute atomic E-state index is 0.00785. The Morgan fingerprint density at radius 1 is 1.09 bits per heavy atom. The number of esters is 3. The number of hydrogen-bond acceptors (Lipinski definition) is 7. The van der Waals surface area contributed by atoms with Gasteiger partial charge < -0.3 is 19.3 Å². The van der Waals surface area contributed by atoms with Crippen LogP contribution in [0, 0.1) is 22.7 Å². The summed E-state index contributed by atoms with van der Waals surface area (Å²) >= 11 is 0. The Balaban J connectivity index is 2.67. The van der Waals surface area contributed by atoms with Gasteiger partial charge in [0.05, 0.1) is 6.61 Å². The van der Waals surface area contributed by atoms with Crippen LogP contribution >= 0.6 is 0 Å². The van der Waals surface area contributed by atoms with E-state index in [4.69, 9.17) is 14.2 Å². The lowest BCUT2D eigenvalue weighted by molar-refractivity contribution is -0.226. The molecule has 0 aromatic carbocycles. The van der Waals surface area contributed by atoms with Gasteiger partial charge in [0, 0.05) is 32.1 Å². The minimum Gasteiger partial charge on any atom is -0.465 e. The second-order valence-electron chi connectivity index (χ2n) is 11.2. The van der Waals surface area contributed by atoms with E-state index in [0.717, 1.165) is 25.7 Å². The Kier molecular flexibility index (Phi) is 8.10. The molecule has 0 amide bonds. The quantitative estimate of drug-likeness (QED) is 0.322. The Bertz CT molecular complexity index is 771. The summed E-state index contributed by atoms with van der Waals surface area (Å²) in [6.07, 6.45) is 4.95. The highest BCUT2D eigenvalue weighted by molar-refractivity contribution is 5.67. The topological polar surface area (TPSA) is 99.1 Å². The Labute approximate surface area is 198 Å². The summed E-state index contributed by atoms with van der Waals surface area (Å²) in [5.41, 5.74) is -2.86. The Morgan fingerprint density at radius 3 is 2.24 bits per heavy atom. The van der Waals surface area contributed by atoms with E-state index in [-0.39, 0.29) is 36.2 Å². The molecule has 0 aromatic rings. The average Bonchev–Trinajstić information content (AvgIpc) is 2.66. The van der Waals surface area contributed by atoms with E-state index >= 15 is 0 Å². The van der Waals surface area contributed by atoms with Crippen molar-refractivity contribution >= 4 is 17.9 Å². The lowest BCUT2D eigenvalue weighted by atomic mass is 9.44. The van der Waals surface area contributed by atoms with Gasteiger partial charge in [-0.1, -0.05) is 26.3 Å². The molecule has 1 N–H and O–H groups in total. The molecular weight excluding hydrogens is 424 g/mol. The molecule has 0 heterocycles. The molecule has 7 heteroatoms. The second kappa shape index (κ2) is 9.77. The second-order valence-corrected chi connectivity index (χ2v) is 11.2. The van der Waals surface area contributed by atoms with Gasteiger partial charge in [0.15, 0.2) is 0 Å². The third kappa shape index (κ3) is 5.79. The first-order chi connectivity index (χ1) is 15.1. The third-order valence-electron chi connectivity index (χ3n) is 8.21. The van der Waals surface area contributed by atoms with E-state index in [9.17, 15) is 19.5 Å². The van der Waals surface area contributed by atoms with Crippen molar-refractivity contribution in [2.75, 3.05) is 6.61 Å². The number of rotatable bonds is 8. The van der Waals surface area contributed by atoms with Crippen molar-refractivity contribution < 1.29 is 33.7 Å². The van der Waals surface area contributed by atoms with Crippen molar-refractivity contribution in [3.8, 4) is 0 Å². The first-order valence-electron chi connectivity index (χ1n) is 12.0. The van der Waals surface area contributed by atoms with Crippen LogP contribution in [0.25, 0.3) is 0 Å². The van der Waals surface area contributed by atoms with E-state index in [1.54, 1.807) is 6.92 Å². The zero-order valence-electron chi connectivity index (χ0n) is 21.4. The third-order valence-corrected chi connectivity index (χ3v) is 8.21. The van der Waals surface area contributed by atoms with E-state index in [2.05, 4.69) is 20.4 Å². The van der Waals surface area contributed by atoms with Crippen molar-refractivity contribution in [1.82, 2.24) is 0 Å². The Morgan fingerprint density at radius 2 is 1.73 bits per heavy atom. The predicted octanol–water partition coefficient (Wildman–Crippen LogP) is 4.35. The molecule has 0 aliphatic heterocycles. The smallest absolute Gasteiger partial charge is 0.303 e. The molecule has 188 valence electrons. The van der Waals surface area contributed by atoms with Crippen LogP contribution in [0.3, 0.4) is 0 Å². The number of carbonyl (C=O) groups is 3. The minimum atomic E-state index is -1.48. The van der Waals surface area contributed by atoms with Crippen LogP contribution in [0.2, 0.25) is 0 Å². The van der Waals surface area contributed by atoms with Gasteiger partial charge >= 0.3 is 17.9 Å². The lowest BCUT2D eigenvalue weighted by Gasteiger charge is -2.63. The number of aliphatic hydroxyl groups is 1. The van der Waals surface area contributed by atoms with Crippen LogP contribution in [0.4, 0.5) is 0 Å². The molecule has 2 fully saturated rings. The van der Waals surface area contributed by atoms with Gasteiger partial charge in [-0.25, -0.2) is 0 Å². The maximum Gasteiger partial charge on any atom is 0.303 e. The van der Waals surface area contributed by atoms with Crippen LogP contribution in [-0.2, 0) is 28.6 Å². The van der Waals surface area contributed by atoms with E-state index < -0.39 is 34.7 Å². The van der Waals surface area contributed by atoms with Crippen molar-refractivity contribution in [1.29, 1.82) is 0 Å². The van der Waals surface area contributed by atoms with Gasteiger partial charge in [-0.3, -0.25) is 14.4 Å². The summed E-state index contributed by atoms with van der Waals surface area (Å²) in [5.74, 6) is -1.37. The SMILES string of the molecule is C=CC(C)(O)[C@@H](C[C@@H]1[C@@]2(COC(C)=O)CCCC(C)(C)[C@@H]2CC[C@@]1(C)OC(C)=O)OC(C)=O. The van der Waals surface area contributed by atoms with Gasteiger partial charge in [-0.2, -0.15) is 0 Å². The zero-order chi connectivity index (χ0) is 25.2. The first kappa shape index (κ1) is 27.4. The Hall–Kier alpha value is -1.89. The summed E-state index contributed by atoms with van der Waals surface area (Å²) in [4.78, 5) is 36.0. The van der Waals surface area contributed by atoms with Gasteiger partial charge in [-0.15, -0.1) is 6.58 Å². The highest BCUT2D eigenvalue weighted by Crippen LogP contribution is 2.64. The summed E-state index contributed by atoms with van der Waals surface area (Å²) in [7, 11) is 0. The highest BCUT2D eigenvalue weighted by atomic mass is 16.6. The fourth-order valence-electron chi connectivity index (χ4n) is 6.70. The van der Waals surface area contributed by atoms with E-state index in [0.29, 0.717) is 6.42 Å². The monoisotopic (exact) mass is 466 g/mol. The fraction of sp³-hybridized carbons (Fsp3) is 0.808. The molecule has 2 rings (SSSR count). The highest BCUT2D eigenvalue weighted by Gasteiger charge is 2.63. The maximum atomic E-state index is 12.2. The molecule has 2 saturated carbocycles. The number of hydrogen-bond donors (Lipinski definition) is 1. The number of ether oxygens (including phenoxy) is 3. The molecule has 7 nitrogen and oxygen atoms in total. The molecular formula is C26H42O7. The maximum absolute atomic E-state index is 12.2. The van der Waals surface area contributed by atoms with Gasteiger partial charge in [0.1, 0.15) is 17.3 Å². The normalized spacial score (nSPS) is 33.6. The first-order valence-corrected chi connectivity index (χ1v) is 12.0. The van der Waals surface area contributed by atoms with Crippen LogP contribution in [-0.4, -0.2) is 46.9 Å².